The van der Waals surface area contributed by atoms with E-state index < -0.39 is 6.10 Å². The highest BCUT2D eigenvalue weighted by Gasteiger charge is 2.23. The summed E-state index contributed by atoms with van der Waals surface area (Å²) < 4.78 is 5.54. The topological polar surface area (TPSA) is 38.3 Å². The Labute approximate surface area is 112 Å². The molecule has 1 aliphatic rings. The summed E-state index contributed by atoms with van der Waals surface area (Å²) in [5.74, 6) is 0.622. The van der Waals surface area contributed by atoms with Gasteiger partial charge in [-0.15, -0.1) is 0 Å². The molecule has 0 saturated heterocycles. The molecule has 1 aliphatic heterocycles. The van der Waals surface area contributed by atoms with E-state index in [1.807, 2.05) is 18.2 Å². The van der Waals surface area contributed by atoms with Crippen LogP contribution in [0.3, 0.4) is 0 Å². The molecule has 19 heavy (non-hydrogen) atoms. The van der Waals surface area contributed by atoms with Gasteiger partial charge in [0.15, 0.2) is 6.10 Å². The molecule has 2 aromatic carbocycles. The second-order valence-corrected chi connectivity index (χ2v) is 4.83. The maximum absolute atomic E-state index is 11.6. The lowest BCUT2D eigenvalue weighted by atomic mass is 10.0. The van der Waals surface area contributed by atoms with Crippen LogP contribution < -0.4 is 10.1 Å². The molecule has 0 aromatic heterocycles. The fourth-order valence-electron chi connectivity index (χ4n) is 2.13. The lowest BCUT2D eigenvalue weighted by molar-refractivity contribution is -0.122. The minimum Gasteiger partial charge on any atom is -0.479 e. The van der Waals surface area contributed by atoms with Gasteiger partial charge in [0, 0.05) is 0 Å². The Bertz CT molecular complexity index is 632. The summed E-state index contributed by atoms with van der Waals surface area (Å²) in [5, 5.41) is 2.87. The van der Waals surface area contributed by atoms with E-state index in [0.29, 0.717) is 0 Å². The van der Waals surface area contributed by atoms with Crippen LogP contribution in [0.5, 0.6) is 5.75 Å². The van der Waals surface area contributed by atoms with E-state index >= 15 is 0 Å². The van der Waals surface area contributed by atoms with Crippen molar-refractivity contribution in [3.8, 4) is 16.9 Å². The standard InChI is InChI=1S/C16H15NO2/c1-10-3-5-12(6-4-10)13-7-8-15-14(9-13)17-16(18)11(2)19-15/h3-9,11H,1-2H3,(H,17,18). The first-order chi connectivity index (χ1) is 9.13. The van der Waals surface area contributed by atoms with Crippen molar-refractivity contribution in [2.75, 3.05) is 5.32 Å². The zero-order valence-corrected chi connectivity index (χ0v) is 10.9. The van der Waals surface area contributed by atoms with Gasteiger partial charge >= 0.3 is 0 Å². The van der Waals surface area contributed by atoms with Crippen LogP contribution >= 0.6 is 0 Å². The van der Waals surface area contributed by atoms with E-state index in [0.717, 1.165) is 22.6 Å². The highest BCUT2D eigenvalue weighted by Crippen LogP contribution is 2.33. The van der Waals surface area contributed by atoms with E-state index in [4.69, 9.17) is 4.74 Å². The number of nitrogens with one attached hydrogen (secondary N) is 1. The molecule has 96 valence electrons. The number of carbonyl (C=O) groups excluding carboxylic acids is 1. The number of fused-ring (bicyclic) bond motifs is 1. The van der Waals surface area contributed by atoms with Gasteiger partial charge in [-0.2, -0.15) is 0 Å². The van der Waals surface area contributed by atoms with Gasteiger partial charge < -0.3 is 10.1 Å². The number of carbonyl (C=O) groups is 1. The zero-order chi connectivity index (χ0) is 13.4. The van der Waals surface area contributed by atoms with Gasteiger partial charge in [-0.25, -0.2) is 0 Å². The Kier molecular flexibility index (Phi) is 2.75. The van der Waals surface area contributed by atoms with Gasteiger partial charge in [-0.05, 0) is 37.1 Å². The highest BCUT2D eigenvalue weighted by atomic mass is 16.5. The van der Waals surface area contributed by atoms with Crippen molar-refractivity contribution in [3.05, 3.63) is 48.0 Å². The summed E-state index contributed by atoms with van der Waals surface area (Å²) in [6.07, 6.45) is -0.433. The van der Waals surface area contributed by atoms with Crippen molar-refractivity contribution < 1.29 is 9.53 Å². The second-order valence-electron chi connectivity index (χ2n) is 4.83. The molecule has 2 aromatic rings. The predicted octanol–water partition coefficient (Wildman–Crippen LogP) is 3.38. The van der Waals surface area contributed by atoms with Gasteiger partial charge in [-0.1, -0.05) is 35.9 Å². The number of rotatable bonds is 1. The molecule has 1 unspecified atom stereocenters. The fraction of sp³-hybridized carbons (Fsp3) is 0.188. The van der Waals surface area contributed by atoms with E-state index in [2.05, 4.69) is 36.5 Å². The normalized spacial score (nSPS) is 17.4. The molecular formula is C16H15NO2. The second kappa shape index (κ2) is 4.43. The van der Waals surface area contributed by atoms with Gasteiger partial charge in [0.25, 0.3) is 5.91 Å². The molecular weight excluding hydrogens is 238 g/mol. The number of hydrogen-bond donors (Lipinski definition) is 1. The average molecular weight is 253 g/mol. The van der Waals surface area contributed by atoms with Gasteiger partial charge in [0.2, 0.25) is 0 Å². The van der Waals surface area contributed by atoms with Gasteiger partial charge in [-0.3, -0.25) is 4.79 Å². The summed E-state index contributed by atoms with van der Waals surface area (Å²) in [6.45, 7) is 3.80. The number of ether oxygens (including phenoxy) is 1. The van der Waals surface area contributed by atoms with Crippen LogP contribution in [0.15, 0.2) is 42.5 Å². The maximum atomic E-state index is 11.6. The van der Waals surface area contributed by atoms with Crippen LogP contribution in [0.25, 0.3) is 11.1 Å². The summed E-state index contributed by atoms with van der Waals surface area (Å²) in [4.78, 5) is 11.6. The van der Waals surface area contributed by atoms with Crippen molar-refractivity contribution in [1.82, 2.24) is 0 Å². The van der Waals surface area contributed by atoms with Crippen LogP contribution in [0.1, 0.15) is 12.5 Å². The molecule has 0 aliphatic carbocycles. The summed E-state index contributed by atoms with van der Waals surface area (Å²) in [5.41, 5.74) is 4.16. The minimum atomic E-state index is -0.433. The first kappa shape index (κ1) is 11.8. The zero-order valence-electron chi connectivity index (χ0n) is 10.9. The molecule has 0 saturated carbocycles. The van der Waals surface area contributed by atoms with Crippen LogP contribution in [-0.2, 0) is 4.79 Å². The van der Waals surface area contributed by atoms with Crippen molar-refractivity contribution in [3.63, 3.8) is 0 Å². The summed E-state index contributed by atoms with van der Waals surface area (Å²) in [7, 11) is 0. The molecule has 3 nitrogen and oxygen atoms in total. The molecule has 0 bridgehead atoms. The van der Waals surface area contributed by atoms with E-state index in [1.165, 1.54) is 5.56 Å². The molecule has 3 rings (SSSR count). The smallest absolute Gasteiger partial charge is 0.265 e. The Morgan fingerprint density at radius 3 is 2.47 bits per heavy atom. The molecule has 1 atom stereocenters. The van der Waals surface area contributed by atoms with Crippen LogP contribution in [-0.4, -0.2) is 12.0 Å². The van der Waals surface area contributed by atoms with E-state index in [-0.39, 0.29) is 5.91 Å². The number of aryl methyl sites for hydroxylation is 1. The Morgan fingerprint density at radius 1 is 1.05 bits per heavy atom. The van der Waals surface area contributed by atoms with Crippen molar-refractivity contribution in [2.45, 2.75) is 20.0 Å². The molecule has 3 heteroatoms. The third-order valence-corrected chi connectivity index (χ3v) is 3.30. The highest BCUT2D eigenvalue weighted by molar-refractivity contribution is 5.98. The lowest BCUT2D eigenvalue weighted by Gasteiger charge is -2.23. The van der Waals surface area contributed by atoms with Crippen molar-refractivity contribution >= 4 is 11.6 Å². The third-order valence-electron chi connectivity index (χ3n) is 3.30. The van der Waals surface area contributed by atoms with E-state index in [1.54, 1.807) is 6.92 Å². The van der Waals surface area contributed by atoms with Crippen LogP contribution in [0, 0.1) is 6.92 Å². The molecule has 0 spiro atoms. The SMILES string of the molecule is Cc1ccc(-c2ccc3c(c2)NC(=O)C(C)O3)cc1. The summed E-state index contributed by atoms with van der Waals surface area (Å²) in [6, 6.07) is 14.2. The molecule has 0 radical (unpaired) electrons. The first-order valence-electron chi connectivity index (χ1n) is 6.32. The first-order valence-corrected chi connectivity index (χ1v) is 6.32. The Hall–Kier alpha value is -2.29. The minimum absolute atomic E-state index is 0.103. The van der Waals surface area contributed by atoms with Crippen LogP contribution in [0.4, 0.5) is 5.69 Å². The fourth-order valence-corrected chi connectivity index (χ4v) is 2.13. The van der Waals surface area contributed by atoms with Crippen molar-refractivity contribution in [2.24, 2.45) is 0 Å². The molecule has 0 fully saturated rings. The molecule has 1 amide bonds. The Morgan fingerprint density at radius 2 is 1.74 bits per heavy atom. The van der Waals surface area contributed by atoms with Crippen molar-refractivity contribution in [1.29, 1.82) is 0 Å². The number of hydrogen-bond acceptors (Lipinski definition) is 2. The molecule has 1 heterocycles. The Balaban J connectivity index is 2.00. The monoisotopic (exact) mass is 253 g/mol. The number of anilines is 1. The molecule has 1 N–H and O–H groups in total. The predicted molar refractivity (Wildman–Crippen MR) is 75.3 cm³/mol. The lowest BCUT2D eigenvalue weighted by Crippen LogP contribution is -2.34. The largest absolute Gasteiger partial charge is 0.479 e. The third kappa shape index (κ3) is 2.19. The van der Waals surface area contributed by atoms with E-state index in [9.17, 15) is 4.79 Å². The van der Waals surface area contributed by atoms with Crippen LogP contribution in [0.2, 0.25) is 0 Å². The maximum Gasteiger partial charge on any atom is 0.265 e. The summed E-state index contributed by atoms with van der Waals surface area (Å²) >= 11 is 0. The average Bonchev–Trinajstić information content (AvgIpc) is 2.40. The van der Waals surface area contributed by atoms with Gasteiger partial charge in [0.05, 0.1) is 5.69 Å². The van der Waals surface area contributed by atoms with Gasteiger partial charge in [0.1, 0.15) is 5.75 Å². The number of benzene rings is 2. The number of amides is 1. The quantitative estimate of drug-likeness (QED) is 0.846.